The molecule has 0 bridgehead atoms. The van der Waals surface area contributed by atoms with Crippen molar-refractivity contribution < 1.29 is 0 Å². The van der Waals surface area contributed by atoms with Crippen LogP contribution in [0.25, 0.3) is 0 Å². The van der Waals surface area contributed by atoms with Gasteiger partial charge < -0.3 is 0 Å². The van der Waals surface area contributed by atoms with Gasteiger partial charge in [-0.1, -0.05) is 150 Å². The summed E-state index contributed by atoms with van der Waals surface area (Å²) in [7, 11) is 0. The zero-order valence-electron chi connectivity index (χ0n) is 19.5. The first kappa shape index (κ1) is 26.0. The SMILES string of the molecule is CCCCCCCCCCCCCC(C)CCCC(C)CCCC(C)C. The average molecular weight is 367 g/mol. The molecule has 0 saturated heterocycles. The largest absolute Gasteiger partial charge is 0.0654 e. The van der Waals surface area contributed by atoms with Gasteiger partial charge in [0.1, 0.15) is 0 Å². The van der Waals surface area contributed by atoms with Crippen LogP contribution in [0.3, 0.4) is 0 Å². The summed E-state index contributed by atoms with van der Waals surface area (Å²) in [5.41, 5.74) is 0. The standard InChI is InChI=1S/C26H54/c1-6-7-8-9-10-11-12-13-14-15-16-20-25(4)22-18-23-26(5)21-17-19-24(2)3/h24-26H,6-23H2,1-5H3. The summed E-state index contributed by atoms with van der Waals surface area (Å²) >= 11 is 0. The van der Waals surface area contributed by atoms with Gasteiger partial charge in [-0.3, -0.25) is 0 Å². The van der Waals surface area contributed by atoms with Crippen molar-refractivity contribution in [2.75, 3.05) is 0 Å². The highest BCUT2D eigenvalue weighted by atomic mass is 14.1. The molecule has 26 heavy (non-hydrogen) atoms. The highest BCUT2D eigenvalue weighted by Crippen LogP contribution is 2.22. The van der Waals surface area contributed by atoms with Crippen LogP contribution in [0.15, 0.2) is 0 Å². The van der Waals surface area contributed by atoms with Gasteiger partial charge in [-0.15, -0.1) is 0 Å². The summed E-state index contributed by atoms with van der Waals surface area (Å²) in [6, 6.07) is 0. The molecule has 0 amide bonds. The van der Waals surface area contributed by atoms with Crippen LogP contribution < -0.4 is 0 Å². The van der Waals surface area contributed by atoms with Gasteiger partial charge in [-0.2, -0.15) is 0 Å². The quantitative estimate of drug-likeness (QED) is 0.188. The van der Waals surface area contributed by atoms with E-state index in [4.69, 9.17) is 0 Å². The summed E-state index contributed by atoms with van der Waals surface area (Å²) in [6.07, 6.45) is 26.3. The molecule has 0 aliphatic carbocycles. The molecule has 0 aliphatic rings. The van der Waals surface area contributed by atoms with Crippen molar-refractivity contribution in [3.8, 4) is 0 Å². The lowest BCUT2D eigenvalue weighted by molar-refractivity contribution is 0.385. The first-order chi connectivity index (χ1) is 12.6. The van der Waals surface area contributed by atoms with E-state index in [0.29, 0.717) is 0 Å². The molecule has 0 saturated carbocycles. The van der Waals surface area contributed by atoms with E-state index < -0.39 is 0 Å². The van der Waals surface area contributed by atoms with Crippen molar-refractivity contribution >= 4 is 0 Å². The van der Waals surface area contributed by atoms with E-state index in [1.807, 2.05) is 0 Å². The molecular formula is C26H54. The number of hydrogen-bond donors (Lipinski definition) is 0. The maximum atomic E-state index is 2.49. The molecule has 0 fully saturated rings. The van der Waals surface area contributed by atoms with Gasteiger partial charge in [0.2, 0.25) is 0 Å². The van der Waals surface area contributed by atoms with Crippen LogP contribution in [-0.2, 0) is 0 Å². The fourth-order valence-electron chi connectivity index (χ4n) is 4.14. The lowest BCUT2D eigenvalue weighted by atomic mass is 9.91. The van der Waals surface area contributed by atoms with Crippen LogP contribution in [0.2, 0.25) is 0 Å². The van der Waals surface area contributed by atoms with Crippen LogP contribution >= 0.6 is 0 Å². The van der Waals surface area contributed by atoms with E-state index in [1.54, 1.807) is 0 Å². The topological polar surface area (TPSA) is 0 Å². The Bertz CT molecular complexity index is 255. The molecule has 158 valence electrons. The minimum atomic E-state index is 0.882. The summed E-state index contributed by atoms with van der Waals surface area (Å²) < 4.78 is 0. The van der Waals surface area contributed by atoms with E-state index in [1.165, 1.54) is 116 Å². The van der Waals surface area contributed by atoms with Crippen molar-refractivity contribution in [3.63, 3.8) is 0 Å². The molecule has 0 spiro atoms. The Hall–Kier alpha value is 0. The monoisotopic (exact) mass is 366 g/mol. The molecule has 0 aromatic carbocycles. The van der Waals surface area contributed by atoms with Crippen LogP contribution in [0.4, 0.5) is 0 Å². The summed E-state index contributed by atoms with van der Waals surface area (Å²) in [5.74, 6) is 2.78. The van der Waals surface area contributed by atoms with Crippen molar-refractivity contribution in [1.29, 1.82) is 0 Å². The van der Waals surface area contributed by atoms with Gasteiger partial charge in [-0.05, 0) is 17.8 Å². The second kappa shape index (κ2) is 19.8. The maximum Gasteiger partial charge on any atom is -0.0443 e. The Kier molecular flexibility index (Phi) is 19.8. The van der Waals surface area contributed by atoms with E-state index in [-0.39, 0.29) is 0 Å². The fourth-order valence-corrected chi connectivity index (χ4v) is 4.14. The fraction of sp³-hybridized carbons (Fsp3) is 1.00. The van der Waals surface area contributed by atoms with Crippen molar-refractivity contribution in [2.24, 2.45) is 17.8 Å². The summed E-state index contributed by atoms with van der Waals surface area (Å²) in [6.45, 7) is 12.0. The Morgan fingerprint density at radius 2 is 0.731 bits per heavy atom. The molecule has 0 nitrogen and oxygen atoms in total. The smallest absolute Gasteiger partial charge is 0.0443 e. The summed E-state index contributed by atoms with van der Waals surface area (Å²) in [4.78, 5) is 0. The maximum absolute atomic E-state index is 2.49. The minimum Gasteiger partial charge on any atom is -0.0654 e. The normalized spacial score (nSPS) is 14.1. The molecule has 0 aromatic rings. The zero-order valence-corrected chi connectivity index (χ0v) is 19.5. The first-order valence-corrected chi connectivity index (χ1v) is 12.6. The third-order valence-corrected chi connectivity index (χ3v) is 6.17. The first-order valence-electron chi connectivity index (χ1n) is 12.6. The van der Waals surface area contributed by atoms with E-state index in [2.05, 4.69) is 34.6 Å². The average Bonchev–Trinajstić information content (AvgIpc) is 2.59. The lowest BCUT2D eigenvalue weighted by Crippen LogP contribution is -2.00. The Balaban J connectivity index is 3.27. The van der Waals surface area contributed by atoms with Crippen LogP contribution in [-0.4, -0.2) is 0 Å². The number of hydrogen-bond acceptors (Lipinski definition) is 0. The van der Waals surface area contributed by atoms with Gasteiger partial charge in [0.15, 0.2) is 0 Å². The second-order valence-electron chi connectivity index (χ2n) is 9.79. The Morgan fingerprint density at radius 3 is 1.15 bits per heavy atom. The van der Waals surface area contributed by atoms with Crippen molar-refractivity contribution in [1.82, 2.24) is 0 Å². The Morgan fingerprint density at radius 1 is 0.385 bits per heavy atom. The molecule has 0 aliphatic heterocycles. The van der Waals surface area contributed by atoms with Gasteiger partial charge in [0.05, 0.1) is 0 Å². The predicted octanol–water partition coefficient (Wildman–Crippen LogP) is 9.96. The number of rotatable bonds is 20. The lowest BCUT2D eigenvalue weighted by Gasteiger charge is -2.15. The predicted molar refractivity (Wildman–Crippen MR) is 122 cm³/mol. The molecule has 0 rings (SSSR count). The third-order valence-electron chi connectivity index (χ3n) is 6.17. The minimum absolute atomic E-state index is 0.882. The molecule has 0 heteroatoms. The van der Waals surface area contributed by atoms with E-state index >= 15 is 0 Å². The van der Waals surface area contributed by atoms with Crippen molar-refractivity contribution in [2.45, 2.75) is 150 Å². The van der Waals surface area contributed by atoms with Crippen LogP contribution in [0.1, 0.15) is 150 Å². The highest BCUT2D eigenvalue weighted by molar-refractivity contribution is 4.59. The zero-order chi connectivity index (χ0) is 19.5. The van der Waals surface area contributed by atoms with E-state index in [0.717, 1.165) is 17.8 Å². The molecule has 0 radical (unpaired) electrons. The Labute approximate surface area is 168 Å². The second-order valence-corrected chi connectivity index (χ2v) is 9.79. The molecule has 0 heterocycles. The summed E-state index contributed by atoms with van der Waals surface area (Å²) in [5, 5.41) is 0. The van der Waals surface area contributed by atoms with E-state index in [9.17, 15) is 0 Å². The van der Waals surface area contributed by atoms with Gasteiger partial charge in [0, 0.05) is 0 Å². The third kappa shape index (κ3) is 20.3. The molecule has 2 atom stereocenters. The van der Waals surface area contributed by atoms with Crippen LogP contribution in [0.5, 0.6) is 0 Å². The van der Waals surface area contributed by atoms with Gasteiger partial charge in [0.25, 0.3) is 0 Å². The molecule has 0 N–H and O–H groups in total. The van der Waals surface area contributed by atoms with Gasteiger partial charge >= 0.3 is 0 Å². The van der Waals surface area contributed by atoms with Crippen molar-refractivity contribution in [3.05, 3.63) is 0 Å². The van der Waals surface area contributed by atoms with Crippen LogP contribution in [0, 0.1) is 17.8 Å². The van der Waals surface area contributed by atoms with Gasteiger partial charge in [-0.25, -0.2) is 0 Å². The number of unbranched alkanes of at least 4 members (excludes halogenated alkanes) is 10. The molecule has 2 unspecified atom stereocenters. The highest BCUT2D eigenvalue weighted by Gasteiger charge is 2.06. The molecular weight excluding hydrogens is 312 g/mol. The molecule has 0 aromatic heterocycles.